The third kappa shape index (κ3) is 6.47. The second-order valence-electron chi connectivity index (χ2n) is 11.7. The number of hydrogen-bond acceptors (Lipinski definition) is 9. The van der Waals surface area contributed by atoms with Gasteiger partial charge in [0.1, 0.15) is 23.2 Å². The van der Waals surface area contributed by atoms with Crippen molar-refractivity contribution in [3.8, 4) is 17.1 Å². The fourth-order valence-corrected chi connectivity index (χ4v) is 5.25. The molecular weight excluding hydrogens is 496 g/mol. The van der Waals surface area contributed by atoms with Gasteiger partial charge in [0.25, 0.3) is 0 Å². The third-order valence-electron chi connectivity index (χ3n) is 7.16. The highest BCUT2D eigenvalue weighted by Gasteiger charge is 2.45. The van der Waals surface area contributed by atoms with Crippen LogP contribution in [0, 0.1) is 5.41 Å². The molecule has 1 spiro atoms. The molecule has 2 N–H and O–H groups in total. The highest BCUT2D eigenvalue weighted by molar-refractivity contribution is 5.73. The Hall–Kier alpha value is -3.73. The SMILES string of the molecule is CC(=O)N1CCC2(CC1)CN(c1cc(Nc3cc(OC(C)C)ccn3)nc(-c3cnn(CC(C)(C)O)c3)n1)C2. The zero-order valence-electron chi connectivity index (χ0n) is 23.4. The van der Waals surface area contributed by atoms with E-state index in [0.29, 0.717) is 24.0 Å². The minimum atomic E-state index is -0.891. The molecule has 11 heteroatoms. The summed E-state index contributed by atoms with van der Waals surface area (Å²) in [6.45, 7) is 12.9. The minimum Gasteiger partial charge on any atom is -0.491 e. The number of carbonyl (C=O) groups excluding carboxylic acids is 1. The number of piperidine rings is 1. The molecule has 0 unspecified atom stereocenters. The zero-order chi connectivity index (χ0) is 27.8. The molecular formula is C28H38N8O3. The summed E-state index contributed by atoms with van der Waals surface area (Å²) in [6.07, 6.45) is 7.34. The number of nitrogens with one attached hydrogen (secondary N) is 1. The van der Waals surface area contributed by atoms with Gasteiger partial charge in [-0.25, -0.2) is 15.0 Å². The lowest BCUT2D eigenvalue weighted by molar-refractivity contribution is -0.131. The van der Waals surface area contributed by atoms with Crippen LogP contribution in [0.4, 0.5) is 17.5 Å². The molecule has 0 aromatic carbocycles. The number of anilines is 3. The van der Waals surface area contributed by atoms with Crippen molar-refractivity contribution in [2.24, 2.45) is 5.41 Å². The van der Waals surface area contributed by atoms with Gasteiger partial charge in [-0.1, -0.05) is 0 Å². The third-order valence-corrected chi connectivity index (χ3v) is 7.16. The molecule has 3 aromatic heterocycles. The average molecular weight is 535 g/mol. The molecule has 0 aliphatic carbocycles. The van der Waals surface area contributed by atoms with Crippen molar-refractivity contribution < 1.29 is 14.6 Å². The van der Waals surface area contributed by atoms with Gasteiger partial charge in [0.15, 0.2) is 5.82 Å². The number of amides is 1. The summed E-state index contributed by atoms with van der Waals surface area (Å²) < 4.78 is 7.53. The number of hydrogen-bond donors (Lipinski definition) is 2. The van der Waals surface area contributed by atoms with E-state index in [0.717, 1.165) is 56.2 Å². The first-order valence-electron chi connectivity index (χ1n) is 13.5. The van der Waals surface area contributed by atoms with E-state index in [1.54, 1.807) is 37.8 Å². The summed E-state index contributed by atoms with van der Waals surface area (Å²) in [5.74, 6) is 3.49. The van der Waals surface area contributed by atoms with Crippen LogP contribution in [-0.2, 0) is 11.3 Å². The second-order valence-corrected chi connectivity index (χ2v) is 11.7. The molecule has 5 heterocycles. The number of aromatic nitrogens is 5. The topological polar surface area (TPSA) is 122 Å². The van der Waals surface area contributed by atoms with Gasteiger partial charge in [-0.15, -0.1) is 0 Å². The van der Waals surface area contributed by atoms with Crippen LogP contribution < -0.4 is 15.0 Å². The molecule has 0 radical (unpaired) electrons. The van der Waals surface area contributed by atoms with Crippen LogP contribution in [0.15, 0.2) is 36.8 Å². The van der Waals surface area contributed by atoms with Gasteiger partial charge in [-0.2, -0.15) is 5.10 Å². The van der Waals surface area contributed by atoms with E-state index in [2.05, 4.69) is 20.3 Å². The Balaban J connectivity index is 1.40. The Morgan fingerprint density at radius 1 is 1.18 bits per heavy atom. The van der Waals surface area contributed by atoms with Crippen LogP contribution in [0.3, 0.4) is 0 Å². The van der Waals surface area contributed by atoms with Crippen molar-refractivity contribution in [2.45, 2.75) is 65.7 Å². The quantitative estimate of drug-likeness (QED) is 0.447. The van der Waals surface area contributed by atoms with Crippen LogP contribution in [-0.4, -0.2) is 78.5 Å². The predicted octanol–water partition coefficient (Wildman–Crippen LogP) is 3.49. The lowest BCUT2D eigenvalue weighted by Gasteiger charge is -2.54. The number of rotatable bonds is 8. The van der Waals surface area contributed by atoms with E-state index in [-0.39, 0.29) is 17.4 Å². The maximum atomic E-state index is 11.8. The van der Waals surface area contributed by atoms with E-state index in [1.165, 1.54) is 0 Å². The summed E-state index contributed by atoms with van der Waals surface area (Å²) in [5.41, 5.74) is 0.0861. The van der Waals surface area contributed by atoms with E-state index in [9.17, 15) is 9.90 Å². The largest absolute Gasteiger partial charge is 0.491 e. The van der Waals surface area contributed by atoms with Gasteiger partial charge >= 0.3 is 0 Å². The molecule has 2 fully saturated rings. The van der Waals surface area contributed by atoms with Crippen LogP contribution in [0.5, 0.6) is 5.75 Å². The van der Waals surface area contributed by atoms with Crippen molar-refractivity contribution >= 4 is 23.4 Å². The van der Waals surface area contributed by atoms with E-state index in [1.807, 2.05) is 43.1 Å². The first kappa shape index (κ1) is 26.9. The van der Waals surface area contributed by atoms with Crippen molar-refractivity contribution in [3.63, 3.8) is 0 Å². The normalized spacial score (nSPS) is 16.9. The van der Waals surface area contributed by atoms with Crippen LogP contribution in [0.25, 0.3) is 11.4 Å². The van der Waals surface area contributed by atoms with Crippen LogP contribution in [0.1, 0.15) is 47.5 Å². The lowest BCUT2D eigenvalue weighted by Crippen LogP contribution is -2.61. The number of pyridine rings is 1. The van der Waals surface area contributed by atoms with Crippen molar-refractivity contribution in [2.75, 3.05) is 36.4 Å². The second kappa shape index (κ2) is 10.4. The van der Waals surface area contributed by atoms with E-state index < -0.39 is 5.60 Å². The summed E-state index contributed by atoms with van der Waals surface area (Å²) in [6, 6.07) is 5.63. The number of nitrogens with zero attached hydrogens (tertiary/aromatic N) is 7. The summed E-state index contributed by atoms with van der Waals surface area (Å²) in [7, 11) is 0. The van der Waals surface area contributed by atoms with Crippen molar-refractivity contribution in [1.82, 2.24) is 29.6 Å². The Bertz CT molecular complexity index is 1320. The van der Waals surface area contributed by atoms with Gasteiger partial charge < -0.3 is 25.0 Å². The number of aliphatic hydroxyl groups is 1. The van der Waals surface area contributed by atoms with Gasteiger partial charge in [0.2, 0.25) is 5.91 Å². The molecule has 3 aromatic rings. The predicted molar refractivity (Wildman–Crippen MR) is 149 cm³/mol. The maximum absolute atomic E-state index is 11.8. The standard InChI is InChI=1S/C28H38N8O3/c1-19(2)39-22-6-9-29-23(12-22)31-24-13-25(35-17-28(18-35)7-10-34(11-8-28)20(3)37)33-26(32-24)21-14-30-36(15-21)16-27(4,5)38/h6,9,12-15,19,38H,7-8,10-11,16-18H2,1-5H3,(H,29,31,32,33). The fraction of sp³-hybridized carbons (Fsp3) is 0.536. The molecule has 0 atom stereocenters. The molecule has 2 aliphatic heterocycles. The lowest BCUT2D eigenvalue weighted by atomic mass is 9.72. The Kier molecular flexibility index (Phi) is 7.19. The molecule has 0 bridgehead atoms. The molecule has 2 aliphatic rings. The number of ether oxygens (including phenoxy) is 1. The summed E-state index contributed by atoms with van der Waals surface area (Å²) in [5, 5.41) is 17.9. The Morgan fingerprint density at radius 2 is 1.92 bits per heavy atom. The zero-order valence-corrected chi connectivity index (χ0v) is 23.4. The highest BCUT2D eigenvalue weighted by Crippen LogP contribution is 2.43. The summed E-state index contributed by atoms with van der Waals surface area (Å²) >= 11 is 0. The minimum absolute atomic E-state index is 0.0546. The molecule has 208 valence electrons. The Labute approximate surface area is 229 Å². The first-order chi connectivity index (χ1) is 18.5. The van der Waals surface area contributed by atoms with E-state index in [4.69, 9.17) is 14.7 Å². The molecule has 5 rings (SSSR count). The van der Waals surface area contributed by atoms with Gasteiger partial charge in [-0.3, -0.25) is 9.48 Å². The maximum Gasteiger partial charge on any atom is 0.219 e. The van der Waals surface area contributed by atoms with Crippen molar-refractivity contribution in [3.05, 3.63) is 36.8 Å². The molecule has 11 nitrogen and oxygen atoms in total. The monoisotopic (exact) mass is 534 g/mol. The van der Waals surface area contributed by atoms with Crippen LogP contribution in [0.2, 0.25) is 0 Å². The summed E-state index contributed by atoms with van der Waals surface area (Å²) in [4.78, 5) is 30.1. The molecule has 1 amide bonds. The molecule has 39 heavy (non-hydrogen) atoms. The fourth-order valence-electron chi connectivity index (χ4n) is 5.25. The Morgan fingerprint density at radius 3 is 2.59 bits per heavy atom. The first-order valence-corrected chi connectivity index (χ1v) is 13.5. The smallest absolute Gasteiger partial charge is 0.219 e. The van der Waals surface area contributed by atoms with Gasteiger partial charge in [0, 0.05) is 63.0 Å². The number of likely N-dealkylation sites (tertiary alicyclic amines) is 1. The van der Waals surface area contributed by atoms with Gasteiger partial charge in [0.05, 0.1) is 30.0 Å². The highest BCUT2D eigenvalue weighted by atomic mass is 16.5. The van der Waals surface area contributed by atoms with Crippen LogP contribution >= 0.6 is 0 Å². The number of carbonyl (C=O) groups is 1. The van der Waals surface area contributed by atoms with Gasteiger partial charge in [-0.05, 0) is 46.6 Å². The van der Waals surface area contributed by atoms with E-state index >= 15 is 0 Å². The van der Waals surface area contributed by atoms with Crippen molar-refractivity contribution in [1.29, 1.82) is 0 Å². The molecule has 0 saturated carbocycles. The molecule has 2 saturated heterocycles. The average Bonchev–Trinajstić information content (AvgIpc) is 3.29.